The Kier molecular flexibility index (Phi) is 3.57. The van der Waals surface area contributed by atoms with Gasteiger partial charge in [-0.15, -0.1) is 10.2 Å². The number of hydrogen-bond donors (Lipinski definition) is 1. The van der Waals surface area contributed by atoms with Gasteiger partial charge in [0.15, 0.2) is 0 Å². The van der Waals surface area contributed by atoms with Crippen molar-refractivity contribution < 1.29 is 4.42 Å². The van der Waals surface area contributed by atoms with Crippen molar-refractivity contribution in [2.45, 2.75) is 49.4 Å². The van der Waals surface area contributed by atoms with Gasteiger partial charge in [-0.05, 0) is 48.7 Å². The highest BCUT2D eigenvalue weighted by Crippen LogP contribution is 2.29. The molecule has 19 heavy (non-hydrogen) atoms. The number of rotatable bonds is 5. The van der Waals surface area contributed by atoms with E-state index in [2.05, 4.69) is 40.6 Å². The highest BCUT2D eigenvalue weighted by atomic mass is 32.2. The van der Waals surface area contributed by atoms with E-state index in [9.17, 15) is 0 Å². The molecule has 0 amide bonds. The molecule has 1 aliphatic rings. The minimum absolute atomic E-state index is 0.601. The van der Waals surface area contributed by atoms with Gasteiger partial charge in [0.25, 0.3) is 5.22 Å². The fraction of sp³-hybridized carbons (Fsp3) is 0.429. The molecule has 0 radical (unpaired) electrons. The van der Waals surface area contributed by atoms with E-state index in [-0.39, 0.29) is 0 Å². The quantitative estimate of drug-likeness (QED) is 0.908. The number of aromatic nitrogens is 2. The van der Waals surface area contributed by atoms with E-state index in [1.165, 1.54) is 40.6 Å². The largest absolute Gasteiger partial charge is 0.416 e. The topological polar surface area (TPSA) is 51.0 Å². The van der Waals surface area contributed by atoms with Crippen molar-refractivity contribution in [2.75, 3.05) is 0 Å². The lowest BCUT2D eigenvalue weighted by Crippen LogP contribution is -2.15. The average Bonchev–Trinajstić information content (AvgIpc) is 3.13. The molecule has 0 atom stereocenters. The summed E-state index contributed by atoms with van der Waals surface area (Å²) in [4.78, 5) is 1.17. The molecule has 0 unspecified atom stereocenters. The normalized spacial score (nSPS) is 14.8. The van der Waals surface area contributed by atoms with E-state index in [0.717, 1.165) is 12.6 Å². The zero-order valence-electron chi connectivity index (χ0n) is 11.1. The predicted molar refractivity (Wildman–Crippen MR) is 74.2 cm³/mol. The Balaban J connectivity index is 1.67. The predicted octanol–water partition coefficient (Wildman–Crippen LogP) is 3.09. The van der Waals surface area contributed by atoms with E-state index in [1.807, 2.05) is 0 Å². The second-order valence-corrected chi connectivity index (χ2v) is 5.94. The molecule has 0 aliphatic heterocycles. The van der Waals surface area contributed by atoms with Crippen LogP contribution in [0.5, 0.6) is 0 Å². The Morgan fingerprint density at radius 2 is 2.16 bits per heavy atom. The third-order valence-electron chi connectivity index (χ3n) is 3.12. The number of aryl methyl sites for hydroxylation is 2. The molecule has 1 aromatic heterocycles. The molecular weight excluding hydrogens is 258 g/mol. The minimum atomic E-state index is 0.601. The minimum Gasteiger partial charge on any atom is -0.416 e. The molecule has 2 aromatic rings. The molecule has 1 saturated carbocycles. The van der Waals surface area contributed by atoms with Gasteiger partial charge < -0.3 is 9.73 Å². The molecule has 3 rings (SSSR count). The van der Waals surface area contributed by atoms with Crippen LogP contribution in [0.2, 0.25) is 0 Å². The first-order chi connectivity index (χ1) is 9.20. The molecule has 0 spiro atoms. The Morgan fingerprint density at radius 3 is 2.79 bits per heavy atom. The Morgan fingerprint density at radius 1 is 1.32 bits per heavy atom. The maximum absolute atomic E-state index is 5.39. The van der Waals surface area contributed by atoms with Crippen molar-refractivity contribution in [2.24, 2.45) is 0 Å². The fourth-order valence-corrected chi connectivity index (χ4v) is 2.69. The first-order valence-electron chi connectivity index (χ1n) is 6.51. The standard InChI is InChI=1S/C14H17N3OS/c1-9-7-11(8-15-12-4-5-12)3-6-13(9)19-14-17-16-10(2)18-14/h3,6-7,12,15H,4-5,8H2,1-2H3. The van der Waals surface area contributed by atoms with Gasteiger partial charge in [0.05, 0.1) is 0 Å². The molecule has 1 fully saturated rings. The maximum Gasteiger partial charge on any atom is 0.281 e. The molecule has 1 aromatic carbocycles. The van der Waals surface area contributed by atoms with Crippen molar-refractivity contribution in [3.63, 3.8) is 0 Å². The number of benzene rings is 1. The van der Waals surface area contributed by atoms with Crippen molar-refractivity contribution in [1.82, 2.24) is 15.5 Å². The molecular formula is C14H17N3OS. The summed E-state index contributed by atoms with van der Waals surface area (Å²) in [5.41, 5.74) is 2.58. The van der Waals surface area contributed by atoms with Crippen molar-refractivity contribution in [1.29, 1.82) is 0 Å². The lowest BCUT2D eigenvalue weighted by atomic mass is 10.1. The number of nitrogens with one attached hydrogen (secondary N) is 1. The number of nitrogens with zero attached hydrogens (tertiary/aromatic N) is 2. The summed E-state index contributed by atoms with van der Waals surface area (Å²) in [6.45, 7) is 4.87. The smallest absolute Gasteiger partial charge is 0.281 e. The Bertz CT molecular complexity index is 578. The van der Waals surface area contributed by atoms with Crippen molar-refractivity contribution in [3.05, 3.63) is 35.2 Å². The van der Waals surface area contributed by atoms with Crippen LogP contribution in [-0.2, 0) is 6.54 Å². The average molecular weight is 275 g/mol. The lowest BCUT2D eigenvalue weighted by Gasteiger charge is -2.07. The van der Waals surface area contributed by atoms with E-state index >= 15 is 0 Å². The molecule has 0 saturated heterocycles. The van der Waals surface area contributed by atoms with Gasteiger partial charge >= 0.3 is 0 Å². The zero-order valence-corrected chi connectivity index (χ0v) is 12.0. The first kappa shape index (κ1) is 12.7. The van der Waals surface area contributed by atoms with Crippen LogP contribution in [0.1, 0.15) is 29.9 Å². The third-order valence-corrected chi connectivity index (χ3v) is 4.13. The van der Waals surface area contributed by atoms with Gasteiger partial charge in [-0.25, -0.2) is 0 Å². The van der Waals surface area contributed by atoms with Crippen LogP contribution in [0.4, 0.5) is 0 Å². The van der Waals surface area contributed by atoms with Crippen LogP contribution in [0, 0.1) is 13.8 Å². The van der Waals surface area contributed by atoms with E-state index in [4.69, 9.17) is 4.42 Å². The molecule has 5 heteroatoms. The van der Waals surface area contributed by atoms with Gasteiger partial charge in [-0.1, -0.05) is 12.1 Å². The summed E-state index contributed by atoms with van der Waals surface area (Å²) in [5, 5.41) is 12.0. The van der Waals surface area contributed by atoms with E-state index in [1.54, 1.807) is 6.92 Å². The van der Waals surface area contributed by atoms with Crippen molar-refractivity contribution in [3.8, 4) is 0 Å². The molecule has 1 heterocycles. The first-order valence-corrected chi connectivity index (χ1v) is 7.33. The molecule has 0 bridgehead atoms. The second kappa shape index (κ2) is 5.35. The molecule has 1 N–H and O–H groups in total. The van der Waals surface area contributed by atoms with Crippen LogP contribution >= 0.6 is 11.8 Å². The summed E-state index contributed by atoms with van der Waals surface area (Å²) in [6, 6.07) is 7.26. The third kappa shape index (κ3) is 3.36. The molecule has 1 aliphatic carbocycles. The highest BCUT2D eigenvalue weighted by molar-refractivity contribution is 7.99. The maximum atomic E-state index is 5.39. The monoisotopic (exact) mass is 275 g/mol. The Labute approximate surface area is 117 Å². The fourth-order valence-electron chi connectivity index (χ4n) is 1.90. The van der Waals surface area contributed by atoms with Crippen LogP contribution in [0.15, 0.2) is 32.7 Å². The van der Waals surface area contributed by atoms with E-state index < -0.39 is 0 Å². The zero-order chi connectivity index (χ0) is 13.2. The van der Waals surface area contributed by atoms with Gasteiger partial charge in [0, 0.05) is 24.4 Å². The lowest BCUT2D eigenvalue weighted by molar-refractivity contribution is 0.429. The van der Waals surface area contributed by atoms with Gasteiger partial charge in [0.2, 0.25) is 5.89 Å². The second-order valence-electron chi connectivity index (χ2n) is 4.94. The van der Waals surface area contributed by atoms with Crippen LogP contribution in [-0.4, -0.2) is 16.2 Å². The molecule has 100 valence electrons. The SMILES string of the molecule is Cc1nnc(Sc2ccc(CNC3CC3)cc2C)o1. The van der Waals surface area contributed by atoms with Crippen LogP contribution < -0.4 is 5.32 Å². The summed E-state index contributed by atoms with van der Waals surface area (Å²) in [6.07, 6.45) is 2.65. The summed E-state index contributed by atoms with van der Waals surface area (Å²) < 4.78 is 5.39. The summed E-state index contributed by atoms with van der Waals surface area (Å²) in [5.74, 6) is 0.602. The summed E-state index contributed by atoms with van der Waals surface area (Å²) in [7, 11) is 0. The van der Waals surface area contributed by atoms with Gasteiger partial charge in [0.1, 0.15) is 0 Å². The van der Waals surface area contributed by atoms with E-state index in [0.29, 0.717) is 11.1 Å². The Hall–Kier alpha value is -1.33. The van der Waals surface area contributed by atoms with Gasteiger partial charge in [-0.2, -0.15) is 0 Å². The summed E-state index contributed by atoms with van der Waals surface area (Å²) >= 11 is 1.52. The molecule has 4 nitrogen and oxygen atoms in total. The van der Waals surface area contributed by atoms with Crippen LogP contribution in [0.25, 0.3) is 0 Å². The van der Waals surface area contributed by atoms with Crippen molar-refractivity contribution >= 4 is 11.8 Å². The van der Waals surface area contributed by atoms with Crippen LogP contribution in [0.3, 0.4) is 0 Å². The number of hydrogen-bond acceptors (Lipinski definition) is 5. The van der Waals surface area contributed by atoms with Gasteiger partial charge in [-0.3, -0.25) is 0 Å². The highest BCUT2D eigenvalue weighted by Gasteiger charge is 2.20.